The molecule has 14 heavy (non-hydrogen) atoms. The molecule has 0 aliphatic carbocycles. The Labute approximate surface area is 85.8 Å². The van der Waals surface area contributed by atoms with Gasteiger partial charge in [-0.25, -0.2) is 0 Å². The van der Waals surface area contributed by atoms with Gasteiger partial charge in [-0.2, -0.15) is 11.8 Å². The number of carbonyl (C=O) groups excluding carboxylic acids is 1. The van der Waals surface area contributed by atoms with Crippen LogP contribution in [0.2, 0.25) is 0 Å². The zero-order valence-corrected chi connectivity index (χ0v) is 8.50. The summed E-state index contributed by atoms with van der Waals surface area (Å²) in [4.78, 5) is 13.9. The van der Waals surface area contributed by atoms with Crippen molar-refractivity contribution in [3.05, 3.63) is 10.4 Å². The lowest BCUT2D eigenvalue weighted by atomic mass is 9.80. The van der Waals surface area contributed by atoms with E-state index >= 15 is 0 Å². The van der Waals surface area contributed by atoms with Crippen LogP contribution >= 0.6 is 11.8 Å². The van der Waals surface area contributed by atoms with Crippen LogP contribution in [0.25, 0.3) is 10.4 Å². The van der Waals surface area contributed by atoms with Crippen molar-refractivity contribution in [2.45, 2.75) is 18.9 Å². The monoisotopic (exact) mass is 213 g/mol. The molecule has 0 aromatic heterocycles. The van der Waals surface area contributed by atoms with Gasteiger partial charge in [0.25, 0.3) is 0 Å². The van der Waals surface area contributed by atoms with Crippen LogP contribution in [0.5, 0.6) is 0 Å². The highest BCUT2D eigenvalue weighted by Gasteiger charge is 2.50. The minimum atomic E-state index is -0.194. The van der Waals surface area contributed by atoms with E-state index in [0.29, 0.717) is 6.42 Å². The minimum absolute atomic E-state index is 0.0457. The van der Waals surface area contributed by atoms with Gasteiger partial charge in [0.15, 0.2) is 0 Å². The second kappa shape index (κ2) is 3.71. The number of cyclic esters (lactones) is 1. The molecule has 6 heteroatoms. The van der Waals surface area contributed by atoms with Crippen LogP contribution in [0.1, 0.15) is 12.8 Å². The number of carbonyl (C=O) groups is 1. The fraction of sp³-hybridized carbons (Fsp3) is 0.875. The van der Waals surface area contributed by atoms with Gasteiger partial charge in [0.1, 0.15) is 6.10 Å². The summed E-state index contributed by atoms with van der Waals surface area (Å²) in [6.45, 7) is 0.281. The van der Waals surface area contributed by atoms with Crippen molar-refractivity contribution in [2.75, 3.05) is 18.1 Å². The molecule has 0 N–H and O–H groups in total. The van der Waals surface area contributed by atoms with E-state index in [9.17, 15) is 4.79 Å². The molecule has 1 spiro atoms. The quantitative estimate of drug-likeness (QED) is 0.303. The van der Waals surface area contributed by atoms with Crippen LogP contribution in [0.3, 0.4) is 0 Å². The largest absolute Gasteiger partial charge is 0.462 e. The number of azide groups is 1. The van der Waals surface area contributed by atoms with Crippen LogP contribution in [-0.4, -0.2) is 30.1 Å². The van der Waals surface area contributed by atoms with Gasteiger partial charge in [-0.15, -0.1) is 0 Å². The van der Waals surface area contributed by atoms with Gasteiger partial charge in [0, 0.05) is 16.1 Å². The topological polar surface area (TPSA) is 75.1 Å². The Balaban J connectivity index is 2.12. The normalized spacial score (nSPS) is 35.7. The summed E-state index contributed by atoms with van der Waals surface area (Å²) in [5.41, 5.74) is 8.19. The highest BCUT2D eigenvalue weighted by molar-refractivity contribution is 7.99. The number of ether oxygens (including phenoxy) is 1. The number of nitrogens with zero attached hydrogens (tertiary/aromatic N) is 3. The van der Waals surface area contributed by atoms with E-state index in [4.69, 9.17) is 10.3 Å². The van der Waals surface area contributed by atoms with E-state index in [-0.39, 0.29) is 24.0 Å². The summed E-state index contributed by atoms with van der Waals surface area (Å²) in [7, 11) is 0. The third-order valence-electron chi connectivity index (χ3n) is 2.90. The van der Waals surface area contributed by atoms with E-state index in [1.165, 1.54) is 0 Å². The number of thioether (sulfide) groups is 1. The average molecular weight is 213 g/mol. The maximum atomic E-state index is 11.2. The predicted octanol–water partition coefficient (Wildman–Crippen LogP) is 1.74. The van der Waals surface area contributed by atoms with Crippen LogP contribution in [0.4, 0.5) is 0 Å². The second-order valence-corrected chi connectivity index (χ2v) is 4.84. The Morgan fingerprint density at radius 2 is 2.64 bits per heavy atom. The van der Waals surface area contributed by atoms with Crippen molar-refractivity contribution in [3.63, 3.8) is 0 Å². The Hall–Kier alpha value is -0.870. The molecule has 2 aliphatic rings. The SMILES string of the molecule is [N-]=[N+]=NCC1OC(=O)CC12CCSC2. The van der Waals surface area contributed by atoms with E-state index in [1.807, 2.05) is 11.8 Å². The lowest BCUT2D eigenvalue weighted by Crippen LogP contribution is -2.32. The Bertz CT molecular complexity index is 295. The third kappa shape index (κ3) is 1.55. The van der Waals surface area contributed by atoms with Crippen LogP contribution < -0.4 is 0 Å². The van der Waals surface area contributed by atoms with Crippen LogP contribution in [0.15, 0.2) is 5.11 Å². The van der Waals surface area contributed by atoms with Crippen LogP contribution in [-0.2, 0) is 9.53 Å². The van der Waals surface area contributed by atoms with Gasteiger partial charge in [0.05, 0.1) is 13.0 Å². The maximum Gasteiger partial charge on any atom is 0.306 e. The molecular formula is C8H11N3O2S. The fourth-order valence-electron chi connectivity index (χ4n) is 2.08. The third-order valence-corrected chi connectivity index (χ3v) is 4.17. The first-order valence-electron chi connectivity index (χ1n) is 4.55. The van der Waals surface area contributed by atoms with E-state index in [2.05, 4.69) is 10.0 Å². The Kier molecular flexibility index (Phi) is 2.56. The summed E-state index contributed by atoms with van der Waals surface area (Å²) in [6, 6.07) is 0. The fourth-order valence-corrected chi connectivity index (χ4v) is 3.62. The molecule has 2 saturated heterocycles. The summed E-state index contributed by atoms with van der Waals surface area (Å²) in [5.74, 6) is 1.87. The first-order chi connectivity index (χ1) is 6.77. The molecule has 76 valence electrons. The average Bonchev–Trinajstić information content (AvgIpc) is 2.72. The van der Waals surface area contributed by atoms with E-state index in [0.717, 1.165) is 17.9 Å². The van der Waals surface area contributed by atoms with E-state index < -0.39 is 0 Å². The minimum Gasteiger partial charge on any atom is -0.462 e. The highest BCUT2D eigenvalue weighted by atomic mass is 32.2. The van der Waals surface area contributed by atoms with Crippen molar-refractivity contribution in [1.82, 2.24) is 0 Å². The molecule has 0 bridgehead atoms. The standard InChI is InChI=1S/C8H11N3O2S/c9-11-10-4-6-8(1-2-14-5-8)3-7(12)13-6/h6H,1-5H2. The highest BCUT2D eigenvalue weighted by Crippen LogP contribution is 2.47. The lowest BCUT2D eigenvalue weighted by molar-refractivity contribution is -0.141. The molecule has 2 aliphatic heterocycles. The number of hydrogen-bond acceptors (Lipinski definition) is 4. The summed E-state index contributed by atoms with van der Waals surface area (Å²) >= 11 is 1.84. The van der Waals surface area contributed by atoms with Gasteiger partial charge in [0.2, 0.25) is 0 Å². The smallest absolute Gasteiger partial charge is 0.306 e. The van der Waals surface area contributed by atoms with Gasteiger partial charge >= 0.3 is 5.97 Å². The second-order valence-electron chi connectivity index (χ2n) is 3.73. The summed E-state index contributed by atoms with van der Waals surface area (Å²) < 4.78 is 5.18. The number of rotatable bonds is 2. The van der Waals surface area contributed by atoms with Gasteiger partial charge in [-0.05, 0) is 17.7 Å². The van der Waals surface area contributed by atoms with Crippen molar-refractivity contribution < 1.29 is 9.53 Å². The molecule has 0 aromatic carbocycles. The molecule has 5 nitrogen and oxygen atoms in total. The molecule has 0 saturated carbocycles. The van der Waals surface area contributed by atoms with Gasteiger partial charge < -0.3 is 4.74 Å². The van der Waals surface area contributed by atoms with Crippen molar-refractivity contribution in [3.8, 4) is 0 Å². The molecule has 0 amide bonds. The molecule has 2 rings (SSSR count). The zero-order valence-electron chi connectivity index (χ0n) is 7.68. The molecular weight excluding hydrogens is 202 g/mol. The molecule has 2 unspecified atom stereocenters. The van der Waals surface area contributed by atoms with Crippen molar-refractivity contribution in [2.24, 2.45) is 10.5 Å². The summed E-state index contributed by atoms with van der Waals surface area (Å²) in [6.07, 6.45) is 1.29. The Morgan fingerprint density at radius 1 is 1.79 bits per heavy atom. The van der Waals surface area contributed by atoms with Gasteiger partial charge in [-0.1, -0.05) is 5.11 Å². The lowest BCUT2D eigenvalue weighted by Gasteiger charge is -2.25. The van der Waals surface area contributed by atoms with Gasteiger partial charge in [-0.3, -0.25) is 4.79 Å². The Morgan fingerprint density at radius 3 is 3.29 bits per heavy atom. The van der Waals surface area contributed by atoms with E-state index in [1.54, 1.807) is 0 Å². The number of hydrogen-bond donors (Lipinski definition) is 0. The predicted molar refractivity (Wildman–Crippen MR) is 52.9 cm³/mol. The zero-order chi connectivity index (χ0) is 10.0. The molecule has 2 heterocycles. The number of esters is 1. The summed E-state index contributed by atoms with van der Waals surface area (Å²) in [5, 5.41) is 3.50. The van der Waals surface area contributed by atoms with Crippen molar-refractivity contribution >= 4 is 17.7 Å². The maximum absolute atomic E-state index is 11.2. The van der Waals surface area contributed by atoms with Crippen LogP contribution in [0, 0.1) is 5.41 Å². The molecule has 0 aromatic rings. The molecule has 2 atom stereocenters. The molecule has 0 radical (unpaired) electrons. The first kappa shape index (κ1) is 9.68. The first-order valence-corrected chi connectivity index (χ1v) is 5.70. The molecule has 2 fully saturated rings. The van der Waals surface area contributed by atoms with Crippen molar-refractivity contribution in [1.29, 1.82) is 0 Å².